The molecule has 5 nitrogen and oxygen atoms in total. The van der Waals surface area contributed by atoms with E-state index in [2.05, 4.69) is 11.4 Å². The number of ether oxygens (including phenoxy) is 1. The summed E-state index contributed by atoms with van der Waals surface area (Å²) in [6.45, 7) is 2.18. The van der Waals surface area contributed by atoms with Gasteiger partial charge >= 0.3 is 5.97 Å². The van der Waals surface area contributed by atoms with Gasteiger partial charge in [0.1, 0.15) is 0 Å². The Morgan fingerprint density at radius 3 is 3.05 bits per heavy atom. The van der Waals surface area contributed by atoms with E-state index >= 15 is 0 Å². The molecule has 0 bridgehead atoms. The van der Waals surface area contributed by atoms with Crippen molar-refractivity contribution >= 4 is 11.9 Å². The molecule has 0 spiro atoms. The van der Waals surface area contributed by atoms with E-state index in [-0.39, 0.29) is 17.8 Å². The van der Waals surface area contributed by atoms with Gasteiger partial charge in [-0.05, 0) is 44.6 Å². The molecule has 1 fully saturated rings. The van der Waals surface area contributed by atoms with E-state index in [0.717, 1.165) is 25.0 Å². The van der Waals surface area contributed by atoms with Crippen LogP contribution in [0.15, 0.2) is 23.9 Å². The van der Waals surface area contributed by atoms with E-state index in [0.29, 0.717) is 25.4 Å². The lowest BCUT2D eigenvalue weighted by atomic mass is 9.82. The van der Waals surface area contributed by atoms with Crippen LogP contribution >= 0.6 is 0 Å². The SMILES string of the molecule is CCOC(=O)CCC1CCC2CC=CC=C2NC(=O)C1N. The van der Waals surface area contributed by atoms with Gasteiger partial charge in [-0.2, -0.15) is 0 Å². The van der Waals surface area contributed by atoms with E-state index in [1.54, 1.807) is 6.92 Å². The lowest BCUT2D eigenvalue weighted by Crippen LogP contribution is -2.48. The minimum atomic E-state index is -0.563. The molecule has 21 heavy (non-hydrogen) atoms. The minimum absolute atomic E-state index is 0.0295. The van der Waals surface area contributed by atoms with Crippen molar-refractivity contribution in [3.63, 3.8) is 0 Å². The zero-order valence-corrected chi connectivity index (χ0v) is 12.5. The number of nitrogens with two attached hydrogens (primary N) is 1. The minimum Gasteiger partial charge on any atom is -0.466 e. The van der Waals surface area contributed by atoms with Crippen LogP contribution in [0.5, 0.6) is 0 Å². The van der Waals surface area contributed by atoms with Crippen LogP contribution in [0, 0.1) is 11.8 Å². The Bertz CT molecular complexity index is 456. The number of fused-ring (bicyclic) bond motifs is 1. The van der Waals surface area contributed by atoms with E-state index in [9.17, 15) is 9.59 Å². The fourth-order valence-electron chi connectivity index (χ4n) is 2.99. The largest absolute Gasteiger partial charge is 0.466 e. The maximum Gasteiger partial charge on any atom is 0.305 e. The molecule has 2 rings (SSSR count). The number of hydrogen-bond acceptors (Lipinski definition) is 4. The molecule has 0 saturated carbocycles. The molecule has 1 heterocycles. The van der Waals surface area contributed by atoms with E-state index in [4.69, 9.17) is 10.5 Å². The molecule has 2 aliphatic rings. The normalized spacial score (nSPS) is 28.8. The number of carbonyl (C=O) groups excluding carboxylic acids is 2. The topological polar surface area (TPSA) is 81.4 Å². The lowest BCUT2D eigenvalue weighted by Gasteiger charge is -2.31. The van der Waals surface area contributed by atoms with E-state index < -0.39 is 6.04 Å². The van der Waals surface area contributed by atoms with Crippen molar-refractivity contribution in [3.8, 4) is 0 Å². The van der Waals surface area contributed by atoms with Gasteiger partial charge in [0.05, 0.1) is 12.6 Å². The molecular weight excluding hydrogens is 268 g/mol. The van der Waals surface area contributed by atoms with Crippen LogP contribution in [-0.2, 0) is 14.3 Å². The average Bonchev–Trinajstić information content (AvgIpc) is 2.47. The summed E-state index contributed by atoms with van der Waals surface area (Å²) in [6, 6.07) is -0.563. The first-order chi connectivity index (χ1) is 10.1. The molecule has 1 saturated heterocycles. The van der Waals surface area contributed by atoms with Gasteiger partial charge in [-0.15, -0.1) is 0 Å². The zero-order chi connectivity index (χ0) is 15.2. The number of amides is 1. The van der Waals surface area contributed by atoms with Gasteiger partial charge in [0.2, 0.25) is 5.91 Å². The van der Waals surface area contributed by atoms with Crippen LogP contribution in [0.2, 0.25) is 0 Å². The smallest absolute Gasteiger partial charge is 0.305 e. The van der Waals surface area contributed by atoms with Crippen molar-refractivity contribution in [1.29, 1.82) is 0 Å². The maximum atomic E-state index is 12.2. The van der Waals surface area contributed by atoms with Crippen molar-refractivity contribution in [2.45, 2.75) is 45.1 Å². The molecule has 0 radical (unpaired) electrons. The third-order valence-corrected chi connectivity index (χ3v) is 4.26. The highest BCUT2D eigenvalue weighted by atomic mass is 16.5. The Kier molecular flexibility index (Phi) is 5.56. The van der Waals surface area contributed by atoms with Gasteiger partial charge < -0.3 is 15.8 Å². The fourth-order valence-corrected chi connectivity index (χ4v) is 2.99. The highest BCUT2D eigenvalue weighted by Gasteiger charge is 2.31. The second-order valence-electron chi connectivity index (χ2n) is 5.68. The van der Waals surface area contributed by atoms with Crippen molar-refractivity contribution in [2.75, 3.05) is 6.61 Å². The summed E-state index contributed by atoms with van der Waals surface area (Å²) in [7, 11) is 0. The third kappa shape index (κ3) is 4.17. The first-order valence-electron chi connectivity index (χ1n) is 7.70. The highest BCUT2D eigenvalue weighted by Crippen LogP contribution is 2.30. The summed E-state index contributed by atoms with van der Waals surface area (Å²) >= 11 is 0. The summed E-state index contributed by atoms with van der Waals surface area (Å²) in [5.41, 5.74) is 7.04. The van der Waals surface area contributed by atoms with Gasteiger partial charge in [0.25, 0.3) is 0 Å². The lowest BCUT2D eigenvalue weighted by molar-refractivity contribution is -0.143. The number of hydrogen-bond donors (Lipinski definition) is 2. The molecule has 1 amide bonds. The molecule has 5 heteroatoms. The van der Waals surface area contributed by atoms with Crippen LogP contribution < -0.4 is 11.1 Å². The van der Waals surface area contributed by atoms with Gasteiger partial charge in [-0.3, -0.25) is 9.59 Å². The predicted octanol–water partition coefficient (Wildman–Crippen LogP) is 1.64. The maximum absolute atomic E-state index is 12.2. The quantitative estimate of drug-likeness (QED) is 0.772. The third-order valence-electron chi connectivity index (χ3n) is 4.26. The summed E-state index contributed by atoms with van der Waals surface area (Å²) in [6.07, 6.45) is 9.78. The number of carbonyl (C=O) groups is 2. The van der Waals surface area contributed by atoms with Crippen LogP contribution in [0.25, 0.3) is 0 Å². The molecule has 1 aliphatic heterocycles. The molecule has 0 aromatic carbocycles. The van der Waals surface area contributed by atoms with Crippen LogP contribution in [-0.4, -0.2) is 24.5 Å². The molecule has 0 aromatic rings. The Morgan fingerprint density at radius 2 is 2.29 bits per heavy atom. The summed E-state index contributed by atoms with van der Waals surface area (Å²) in [5.74, 6) is 0.0295. The van der Waals surface area contributed by atoms with Gasteiger partial charge in [-0.1, -0.05) is 12.2 Å². The first kappa shape index (κ1) is 15.8. The monoisotopic (exact) mass is 292 g/mol. The predicted molar refractivity (Wildman–Crippen MR) is 80.0 cm³/mol. The van der Waals surface area contributed by atoms with Crippen LogP contribution in [0.4, 0.5) is 0 Å². The second kappa shape index (κ2) is 7.41. The number of esters is 1. The Balaban J connectivity index is 1.97. The molecule has 3 atom stereocenters. The molecule has 0 aromatic heterocycles. The summed E-state index contributed by atoms with van der Waals surface area (Å²) < 4.78 is 4.94. The highest BCUT2D eigenvalue weighted by molar-refractivity contribution is 5.83. The van der Waals surface area contributed by atoms with Gasteiger partial charge in [-0.25, -0.2) is 0 Å². The standard InChI is InChI=1S/C16H24N2O3/c1-2-21-14(19)10-9-12-8-7-11-5-3-4-6-13(11)18-16(20)15(12)17/h3-4,6,11-12,15H,2,5,7-10,17H2,1H3,(H,18,20). The Morgan fingerprint density at radius 1 is 1.48 bits per heavy atom. The van der Waals surface area contributed by atoms with Crippen molar-refractivity contribution in [2.24, 2.45) is 17.6 Å². The first-order valence-corrected chi connectivity index (χ1v) is 7.70. The number of rotatable bonds is 4. The fraction of sp³-hybridized carbons (Fsp3) is 0.625. The summed E-state index contributed by atoms with van der Waals surface area (Å²) in [5, 5.41) is 2.94. The molecule has 116 valence electrons. The van der Waals surface area contributed by atoms with E-state index in [1.165, 1.54) is 0 Å². The molecule has 3 N–H and O–H groups in total. The molecule has 3 unspecified atom stereocenters. The number of allylic oxidation sites excluding steroid dienone is 4. The van der Waals surface area contributed by atoms with Crippen molar-refractivity contribution in [3.05, 3.63) is 23.9 Å². The zero-order valence-electron chi connectivity index (χ0n) is 12.5. The number of nitrogens with one attached hydrogen (secondary N) is 1. The van der Waals surface area contributed by atoms with Crippen molar-refractivity contribution in [1.82, 2.24) is 5.32 Å². The Labute approximate surface area is 125 Å². The van der Waals surface area contributed by atoms with Crippen LogP contribution in [0.3, 0.4) is 0 Å². The van der Waals surface area contributed by atoms with E-state index in [1.807, 2.05) is 12.2 Å². The molecule has 1 aliphatic carbocycles. The Hall–Kier alpha value is -1.62. The van der Waals surface area contributed by atoms with Gasteiger partial charge in [0.15, 0.2) is 0 Å². The average molecular weight is 292 g/mol. The van der Waals surface area contributed by atoms with Gasteiger partial charge in [0, 0.05) is 18.0 Å². The molecular formula is C16H24N2O3. The summed E-state index contributed by atoms with van der Waals surface area (Å²) in [4.78, 5) is 23.7. The second-order valence-corrected chi connectivity index (χ2v) is 5.68. The van der Waals surface area contributed by atoms with Crippen LogP contribution in [0.1, 0.15) is 39.0 Å². The van der Waals surface area contributed by atoms with Crippen molar-refractivity contribution < 1.29 is 14.3 Å².